The van der Waals surface area contributed by atoms with Crippen LogP contribution in [0.15, 0.2) is 48.5 Å². The van der Waals surface area contributed by atoms with Crippen LogP contribution >= 0.6 is 11.6 Å². The maximum Gasteiger partial charge on any atom is 0.251 e. The molecule has 2 aromatic carbocycles. The first kappa shape index (κ1) is 19.7. The molecule has 0 atom stereocenters. The summed E-state index contributed by atoms with van der Waals surface area (Å²) in [6.45, 7) is 5.85. The molecule has 2 aromatic rings. The number of ether oxygens (including phenoxy) is 1. The van der Waals surface area contributed by atoms with Crippen LogP contribution in [0, 0.1) is 0 Å². The summed E-state index contributed by atoms with van der Waals surface area (Å²) in [5.41, 5.74) is 3.08. The molecule has 0 saturated carbocycles. The lowest BCUT2D eigenvalue weighted by atomic mass is 10.1. The Bertz CT molecular complexity index is 743. The number of anilines is 1. The van der Waals surface area contributed by atoms with Crippen molar-refractivity contribution < 1.29 is 9.53 Å². The van der Waals surface area contributed by atoms with Crippen LogP contribution in [0.3, 0.4) is 0 Å². The van der Waals surface area contributed by atoms with Gasteiger partial charge in [0.05, 0.1) is 6.61 Å². The quantitative estimate of drug-likeness (QED) is 0.742. The highest BCUT2D eigenvalue weighted by Gasteiger charge is 2.17. The van der Waals surface area contributed by atoms with Gasteiger partial charge in [-0.2, -0.15) is 0 Å². The number of benzene rings is 2. The second kappa shape index (κ2) is 9.74. The smallest absolute Gasteiger partial charge is 0.251 e. The second-order valence-electron chi connectivity index (χ2n) is 6.69. The highest BCUT2D eigenvalue weighted by molar-refractivity contribution is 6.30. The molecule has 27 heavy (non-hydrogen) atoms. The number of nitrogens with one attached hydrogen (secondary N) is 1. The first-order valence-corrected chi connectivity index (χ1v) is 9.62. The fourth-order valence-electron chi connectivity index (χ4n) is 3.25. The lowest BCUT2D eigenvalue weighted by Crippen LogP contribution is -2.45. The van der Waals surface area contributed by atoms with Crippen molar-refractivity contribution in [1.29, 1.82) is 0 Å². The molecule has 0 radical (unpaired) electrons. The number of nitrogens with zero attached hydrogens (tertiary/aromatic N) is 2. The van der Waals surface area contributed by atoms with Crippen LogP contribution in [0.2, 0.25) is 5.02 Å². The van der Waals surface area contributed by atoms with Crippen LogP contribution in [-0.2, 0) is 11.3 Å². The number of rotatable bonds is 7. The third-order valence-corrected chi connectivity index (χ3v) is 5.00. The fraction of sp³-hybridized carbons (Fsp3) is 0.381. The summed E-state index contributed by atoms with van der Waals surface area (Å²) in [5, 5.41) is 3.63. The Labute approximate surface area is 165 Å². The standard InChI is InChI=1S/C21H26ClN3O2/c1-27-14-9-23-21(26)18-4-2-3-17(15-18)16-24-10-12-25(13-11-24)20-7-5-19(22)6-8-20/h2-8,15H,9-14,16H2,1H3,(H,23,26). The van der Waals surface area contributed by atoms with E-state index in [0.29, 0.717) is 18.7 Å². The molecule has 144 valence electrons. The first-order valence-electron chi connectivity index (χ1n) is 9.24. The highest BCUT2D eigenvalue weighted by atomic mass is 35.5. The number of piperazine rings is 1. The van der Waals surface area contributed by atoms with Crippen LogP contribution in [-0.4, -0.2) is 57.2 Å². The molecule has 1 N–H and O–H groups in total. The predicted molar refractivity (Wildman–Crippen MR) is 110 cm³/mol. The van der Waals surface area contributed by atoms with Gasteiger partial charge in [0.2, 0.25) is 0 Å². The van der Waals surface area contributed by atoms with E-state index >= 15 is 0 Å². The zero-order valence-electron chi connectivity index (χ0n) is 15.7. The van der Waals surface area contributed by atoms with Gasteiger partial charge in [-0.25, -0.2) is 0 Å². The average Bonchev–Trinajstić information content (AvgIpc) is 2.70. The molecule has 1 aliphatic heterocycles. The van der Waals surface area contributed by atoms with E-state index in [1.54, 1.807) is 7.11 Å². The zero-order chi connectivity index (χ0) is 19.1. The van der Waals surface area contributed by atoms with Crippen LogP contribution in [0.5, 0.6) is 0 Å². The number of carbonyl (C=O) groups is 1. The van der Waals surface area contributed by atoms with Gasteiger partial charge in [0.25, 0.3) is 5.91 Å². The van der Waals surface area contributed by atoms with Crippen LogP contribution < -0.4 is 10.2 Å². The van der Waals surface area contributed by atoms with Crippen LogP contribution in [0.25, 0.3) is 0 Å². The maximum atomic E-state index is 12.2. The molecule has 0 bridgehead atoms. The monoisotopic (exact) mass is 387 g/mol. The Morgan fingerprint density at radius 3 is 2.56 bits per heavy atom. The number of halogens is 1. The molecule has 0 aromatic heterocycles. The molecule has 5 nitrogen and oxygen atoms in total. The van der Waals surface area contributed by atoms with Gasteiger partial charge in [0, 0.05) is 62.7 Å². The van der Waals surface area contributed by atoms with Crippen molar-refractivity contribution in [2.75, 3.05) is 51.3 Å². The Kier molecular flexibility index (Phi) is 7.10. The number of amides is 1. The molecular formula is C21H26ClN3O2. The summed E-state index contributed by atoms with van der Waals surface area (Å²) >= 11 is 5.97. The molecule has 1 saturated heterocycles. The third-order valence-electron chi connectivity index (χ3n) is 4.75. The zero-order valence-corrected chi connectivity index (χ0v) is 16.4. The molecule has 1 heterocycles. The van der Waals surface area contributed by atoms with E-state index in [-0.39, 0.29) is 5.91 Å². The summed E-state index contributed by atoms with van der Waals surface area (Å²) in [6.07, 6.45) is 0. The van der Waals surface area contributed by atoms with Gasteiger partial charge < -0.3 is 15.0 Å². The van der Waals surface area contributed by atoms with Crippen molar-refractivity contribution in [1.82, 2.24) is 10.2 Å². The van der Waals surface area contributed by atoms with Crippen LogP contribution in [0.4, 0.5) is 5.69 Å². The van der Waals surface area contributed by atoms with Gasteiger partial charge >= 0.3 is 0 Å². The lowest BCUT2D eigenvalue weighted by molar-refractivity contribution is 0.0937. The molecule has 6 heteroatoms. The van der Waals surface area contributed by atoms with E-state index in [9.17, 15) is 4.79 Å². The van der Waals surface area contributed by atoms with E-state index in [1.165, 1.54) is 5.69 Å². The Morgan fingerprint density at radius 2 is 1.85 bits per heavy atom. The fourth-order valence-corrected chi connectivity index (χ4v) is 3.38. The Hall–Kier alpha value is -2.08. The van der Waals surface area contributed by atoms with Crippen molar-refractivity contribution in [3.05, 3.63) is 64.7 Å². The maximum absolute atomic E-state index is 12.2. The van der Waals surface area contributed by atoms with E-state index in [2.05, 4.69) is 33.3 Å². The van der Waals surface area contributed by atoms with Crippen molar-refractivity contribution in [3.63, 3.8) is 0 Å². The third kappa shape index (κ3) is 5.70. The molecule has 0 unspecified atom stereocenters. The number of carbonyl (C=O) groups excluding carboxylic acids is 1. The Balaban J connectivity index is 1.52. The van der Waals surface area contributed by atoms with Crippen molar-refractivity contribution in [3.8, 4) is 0 Å². The number of hydrogen-bond acceptors (Lipinski definition) is 4. The van der Waals surface area contributed by atoms with E-state index in [0.717, 1.165) is 43.3 Å². The summed E-state index contributed by atoms with van der Waals surface area (Å²) in [7, 11) is 1.62. The molecule has 0 aliphatic carbocycles. The normalized spacial score (nSPS) is 15.0. The summed E-state index contributed by atoms with van der Waals surface area (Å²) in [4.78, 5) is 17.0. The largest absolute Gasteiger partial charge is 0.383 e. The van der Waals surface area contributed by atoms with Gasteiger partial charge in [0.15, 0.2) is 0 Å². The second-order valence-corrected chi connectivity index (χ2v) is 7.13. The lowest BCUT2D eigenvalue weighted by Gasteiger charge is -2.36. The van der Waals surface area contributed by atoms with E-state index in [1.807, 2.05) is 30.3 Å². The Morgan fingerprint density at radius 1 is 1.11 bits per heavy atom. The van der Waals surface area contributed by atoms with E-state index in [4.69, 9.17) is 16.3 Å². The molecule has 3 rings (SSSR count). The highest BCUT2D eigenvalue weighted by Crippen LogP contribution is 2.20. The van der Waals surface area contributed by atoms with Crippen molar-refractivity contribution in [2.24, 2.45) is 0 Å². The molecule has 1 amide bonds. The van der Waals surface area contributed by atoms with E-state index < -0.39 is 0 Å². The SMILES string of the molecule is COCCNC(=O)c1cccc(CN2CCN(c3ccc(Cl)cc3)CC2)c1. The minimum atomic E-state index is -0.0542. The van der Waals surface area contributed by atoms with Gasteiger partial charge in [0.1, 0.15) is 0 Å². The van der Waals surface area contributed by atoms with Gasteiger partial charge in [-0.3, -0.25) is 9.69 Å². The molecule has 0 spiro atoms. The van der Waals surface area contributed by atoms with Gasteiger partial charge in [-0.15, -0.1) is 0 Å². The topological polar surface area (TPSA) is 44.8 Å². The minimum absolute atomic E-state index is 0.0542. The van der Waals surface area contributed by atoms with Gasteiger partial charge in [-0.1, -0.05) is 23.7 Å². The molecule has 1 fully saturated rings. The summed E-state index contributed by atoms with van der Waals surface area (Å²) in [5.74, 6) is -0.0542. The predicted octanol–water partition coefficient (Wildman–Crippen LogP) is 3.04. The van der Waals surface area contributed by atoms with Crippen LogP contribution in [0.1, 0.15) is 15.9 Å². The molecule has 1 aliphatic rings. The summed E-state index contributed by atoms with van der Waals surface area (Å²) < 4.78 is 4.97. The average molecular weight is 388 g/mol. The number of hydrogen-bond donors (Lipinski definition) is 1. The number of methoxy groups -OCH3 is 1. The van der Waals surface area contributed by atoms with Crippen molar-refractivity contribution in [2.45, 2.75) is 6.54 Å². The van der Waals surface area contributed by atoms with Crippen molar-refractivity contribution >= 4 is 23.2 Å². The summed E-state index contributed by atoms with van der Waals surface area (Å²) in [6, 6.07) is 15.9. The van der Waals surface area contributed by atoms with Gasteiger partial charge in [-0.05, 0) is 42.0 Å². The molecular weight excluding hydrogens is 362 g/mol. The minimum Gasteiger partial charge on any atom is -0.383 e. The first-order chi connectivity index (χ1) is 13.2.